The van der Waals surface area contributed by atoms with Gasteiger partial charge >= 0.3 is 0 Å². The van der Waals surface area contributed by atoms with Crippen molar-refractivity contribution >= 4 is 33.4 Å². The van der Waals surface area contributed by atoms with Crippen molar-refractivity contribution in [1.82, 2.24) is 4.90 Å². The monoisotopic (exact) mass is 351 g/mol. The maximum absolute atomic E-state index is 12.4. The van der Waals surface area contributed by atoms with Gasteiger partial charge in [0.1, 0.15) is 0 Å². The van der Waals surface area contributed by atoms with E-state index in [0.717, 1.165) is 15.6 Å². The highest BCUT2D eigenvalue weighted by Gasteiger charge is 2.12. The zero-order chi connectivity index (χ0) is 14.7. The number of rotatable bonds is 3. The molecule has 0 spiro atoms. The molecule has 0 saturated heterocycles. The van der Waals surface area contributed by atoms with Gasteiger partial charge in [-0.2, -0.15) is 0 Å². The summed E-state index contributed by atoms with van der Waals surface area (Å²) < 4.78 is 1.03. The summed E-state index contributed by atoms with van der Waals surface area (Å²) in [5.74, 6) is -0.00677. The molecule has 0 radical (unpaired) electrons. The number of nitrogens with zero attached hydrogens (tertiary/aromatic N) is 1. The van der Waals surface area contributed by atoms with E-state index < -0.39 is 0 Å². The van der Waals surface area contributed by atoms with Gasteiger partial charge in [0.2, 0.25) is 0 Å². The second-order valence-corrected chi connectivity index (χ2v) is 6.07. The summed E-state index contributed by atoms with van der Waals surface area (Å²) in [5, 5.41) is 0.678. The zero-order valence-corrected chi connectivity index (χ0v) is 13.7. The molecular formula is C16H15BrClNO. The largest absolute Gasteiger partial charge is 0.337 e. The molecule has 2 rings (SSSR count). The summed E-state index contributed by atoms with van der Waals surface area (Å²) in [6.45, 7) is 2.47. The van der Waals surface area contributed by atoms with E-state index in [-0.39, 0.29) is 5.91 Å². The maximum Gasteiger partial charge on any atom is 0.253 e. The van der Waals surface area contributed by atoms with Gasteiger partial charge in [0.15, 0.2) is 0 Å². The molecule has 0 fully saturated rings. The molecule has 0 aliphatic rings. The van der Waals surface area contributed by atoms with E-state index in [9.17, 15) is 4.79 Å². The van der Waals surface area contributed by atoms with E-state index in [0.29, 0.717) is 17.1 Å². The van der Waals surface area contributed by atoms with Crippen LogP contribution in [-0.4, -0.2) is 17.9 Å². The number of halogens is 2. The van der Waals surface area contributed by atoms with Crippen molar-refractivity contribution in [2.45, 2.75) is 13.5 Å². The summed E-state index contributed by atoms with van der Waals surface area (Å²) in [7, 11) is 1.80. The molecule has 2 aromatic carbocycles. The fourth-order valence-electron chi connectivity index (χ4n) is 1.93. The number of hydrogen-bond acceptors (Lipinski definition) is 1. The fourth-order valence-corrected chi connectivity index (χ4v) is 2.32. The van der Waals surface area contributed by atoms with Crippen LogP contribution in [0.1, 0.15) is 21.5 Å². The number of amides is 1. The van der Waals surface area contributed by atoms with Crippen molar-refractivity contribution in [3.05, 3.63) is 68.7 Å². The SMILES string of the molecule is Cc1cc(C(=O)N(C)Cc2ccc(Br)cc2)ccc1Cl. The van der Waals surface area contributed by atoms with Gasteiger partial charge in [0, 0.05) is 28.7 Å². The van der Waals surface area contributed by atoms with Gasteiger partial charge in [-0.25, -0.2) is 0 Å². The van der Waals surface area contributed by atoms with Crippen molar-refractivity contribution in [3.8, 4) is 0 Å². The molecule has 0 N–H and O–H groups in total. The first-order chi connectivity index (χ1) is 9.47. The van der Waals surface area contributed by atoms with Crippen LogP contribution in [-0.2, 0) is 6.54 Å². The Bertz CT molecular complexity index is 625. The number of hydrogen-bond donors (Lipinski definition) is 0. The standard InChI is InChI=1S/C16H15BrClNO/c1-11-9-13(5-8-15(11)18)16(20)19(2)10-12-3-6-14(17)7-4-12/h3-9H,10H2,1-2H3. The van der Waals surface area contributed by atoms with Crippen molar-refractivity contribution < 1.29 is 4.79 Å². The number of benzene rings is 2. The van der Waals surface area contributed by atoms with Crippen molar-refractivity contribution in [1.29, 1.82) is 0 Å². The first-order valence-corrected chi connectivity index (χ1v) is 7.40. The highest BCUT2D eigenvalue weighted by molar-refractivity contribution is 9.10. The van der Waals surface area contributed by atoms with Crippen LogP contribution >= 0.6 is 27.5 Å². The quantitative estimate of drug-likeness (QED) is 0.785. The normalized spacial score (nSPS) is 10.4. The first-order valence-electron chi connectivity index (χ1n) is 6.23. The van der Waals surface area contributed by atoms with Crippen LogP contribution in [0.5, 0.6) is 0 Å². The lowest BCUT2D eigenvalue weighted by Gasteiger charge is -2.18. The van der Waals surface area contributed by atoms with Crippen molar-refractivity contribution in [2.75, 3.05) is 7.05 Å². The highest BCUT2D eigenvalue weighted by atomic mass is 79.9. The minimum Gasteiger partial charge on any atom is -0.337 e. The summed E-state index contributed by atoms with van der Waals surface area (Å²) in [6.07, 6.45) is 0. The predicted molar refractivity (Wildman–Crippen MR) is 86.1 cm³/mol. The van der Waals surface area contributed by atoms with Gasteiger partial charge in [0.05, 0.1) is 0 Å². The Morgan fingerprint density at radius 1 is 1.20 bits per heavy atom. The molecule has 0 aliphatic carbocycles. The molecule has 1 amide bonds. The van der Waals surface area contributed by atoms with Gasteiger partial charge in [-0.1, -0.05) is 39.7 Å². The number of carbonyl (C=O) groups excluding carboxylic acids is 1. The average molecular weight is 353 g/mol. The topological polar surface area (TPSA) is 20.3 Å². The lowest BCUT2D eigenvalue weighted by molar-refractivity contribution is 0.0785. The Morgan fingerprint density at radius 2 is 1.85 bits per heavy atom. The molecule has 0 saturated carbocycles. The third-order valence-corrected chi connectivity index (χ3v) is 4.04. The molecule has 0 heterocycles. The summed E-state index contributed by atoms with van der Waals surface area (Å²) in [6, 6.07) is 13.3. The van der Waals surface area contributed by atoms with Crippen LogP contribution in [0.15, 0.2) is 46.9 Å². The van der Waals surface area contributed by atoms with Crippen molar-refractivity contribution in [3.63, 3.8) is 0 Å². The van der Waals surface area contributed by atoms with Gasteiger partial charge in [-0.3, -0.25) is 4.79 Å². The second-order valence-electron chi connectivity index (χ2n) is 4.75. The van der Waals surface area contributed by atoms with Crippen LogP contribution in [0.4, 0.5) is 0 Å². The van der Waals surface area contributed by atoms with Crippen LogP contribution in [0.25, 0.3) is 0 Å². The Labute approximate surface area is 132 Å². The van der Waals surface area contributed by atoms with Crippen molar-refractivity contribution in [2.24, 2.45) is 0 Å². The van der Waals surface area contributed by atoms with E-state index in [4.69, 9.17) is 11.6 Å². The number of carbonyl (C=O) groups is 1. The van der Waals surface area contributed by atoms with Gasteiger partial charge in [-0.05, 0) is 48.4 Å². The Kier molecular flexibility index (Phi) is 4.84. The Balaban J connectivity index is 2.11. The van der Waals surface area contributed by atoms with Crippen LogP contribution in [0.2, 0.25) is 5.02 Å². The van der Waals surface area contributed by atoms with Crippen LogP contribution < -0.4 is 0 Å². The molecule has 0 aliphatic heterocycles. The third kappa shape index (κ3) is 3.62. The Hall–Kier alpha value is -1.32. The summed E-state index contributed by atoms with van der Waals surface area (Å²) in [5.41, 5.74) is 2.66. The minimum absolute atomic E-state index is 0.00677. The molecule has 104 valence electrons. The highest BCUT2D eigenvalue weighted by Crippen LogP contribution is 2.18. The smallest absolute Gasteiger partial charge is 0.253 e. The van der Waals surface area contributed by atoms with E-state index in [1.807, 2.05) is 37.3 Å². The van der Waals surface area contributed by atoms with Gasteiger partial charge < -0.3 is 4.90 Å². The van der Waals surface area contributed by atoms with E-state index in [1.54, 1.807) is 24.1 Å². The summed E-state index contributed by atoms with van der Waals surface area (Å²) >= 11 is 9.38. The Morgan fingerprint density at radius 3 is 2.45 bits per heavy atom. The molecule has 2 aromatic rings. The predicted octanol–water partition coefficient (Wildman–Crippen LogP) is 4.68. The number of aryl methyl sites for hydroxylation is 1. The van der Waals surface area contributed by atoms with Crippen LogP contribution in [0, 0.1) is 6.92 Å². The van der Waals surface area contributed by atoms with E-state index in [1.165, 1.54) is 0 Å². The molecule has 4 heteroatoms. The first kappa shape index (κ1) is 15.1. The second kappa shape index (κ2) is 6.42. The molecule has 0 bridgehead atoms. The molecule has 20 heavy (non-hydrogen) atoms. The lowest BCUT2D eigenvalue weighted by Crippen LogP contribution is -2.26. The van der Waals surface area contributed by atoms with E-state index >= 15 is 0 Å². The third-order valence-electron chi connectivity index (χ3n) is 3.08. The fraction of sp³-hybridized carbons (Fsp3) is 0.188. The average Bonchev–Trinajstić information content (AvgIpc) is 2.43. The minimum atomic E-state index is -0.00677. The van der Waals surface area contributed by atoms with Gasteiger partial charge in [0.25, 0.3) is 5.91 Å². The molecule has 0 unspecified atom stereocenters. The van der Waals surface area contributed by atoms with Gasteiger partial charge in [-0.15, -0.1) is 0 Å². The molecule has 0 aromatic heterocycles. The van der Waals surface area contributed by atoms with E-state index in [2.05, 4.69) is 15.9 Å². The van der Waals surface area contributed by atoms with Crippen LogP contribution in [0.3, 0.4) is 0 Å². The molecule has 0 atom stereocenters. The maximum atomic E-state index is 12.4. The molecular weight excluding hydrogens is 338 g/mol. The lowest BCUT2D eigenvalue weighted by atomic mass is 10.1. The molecule has 2 nitrogen and oxygen atoms in total. The zero-order valence-electron chi connectivity index (χ0n) is 11.4. The summed E-state index contributed by atoms with van der Waals surface area (Å²) in [4.78, 5) is 14.1.